The summed E-state index contributed by atoms with van der Waals surface area (Å²) in [6, 6.07) is 3.11. The molecule has 2 aliphatic heterocycles. The van der Waals surface area contributed by atoms with Crippen LogP contribution in [-0.2, 0) is 54.6 Å². The first kappa shape index (κ1) is 39.8. The number of piperidine rings is 1. The van der Waals surface area contributed by atoms with Crippen LogP contribution >= 0.6 is 0 Å². The molecule has 15 heteroatoms. The maximum Gasteiger partial charge on any atom is 0.514 e. The molecule has 1 aromatic rings. The van der Waals surface area contributed by atoms with Crippen molar-refractivity contribution in [2.24, 2.45) is 0 Å². The van der Waals surface area contributed by atoms with Gasteiger partial charge in [-0.3, -0.25) is 4.79 Å². The highest BCUT2D eigenvalue weighted by molar-refractivity contribution is 5.86. The maximum atomic E-state index is 13.9. The van der Waals surface area contributed by atoms with E-state index in [0.717, 1.165) is 5.56 Å². The standard InChI is InChI=1S/C38H51NO14/c1-20(30(41)51-34(2,3)4)46-26(40)19-24(49-33(44)53-36(8,9)10)31(42)47-23-14-15-38(45)25-18-21-12-13-22(48-32(43)52-35(5,6)7)28-27(21)37(38,29(23)50-28)16-17-39(25)11/h12-14,20,24-25,29,45H,15-19H2,1-11H3/t20-,24-,25+,29-,37-,38+/m0/s1. The van der Waals surface area contributed by atoms with Crippen LogP contribution in [-0.4, -0.2) is 101 Å². The molecule has 0 unspecified atom stereocenters. The van der Waals surface area contributed by atoms with Gasteiger partial charge in [-0.25, -0.2) is 19.2 Å². The summed E-state index contributed by atoms with van der Waals surface area (Å²) in [4.78, 5) is 67.1. The number of ether oxygens (including phenoxy) is 8. The number of carbonyl (C=O) groups is 5. The van der Waals surface area contributed by atoms with Crippen LogP contribution in [0.15, 0.2) is 24.0 Å². The SMILES string of the molecule is C[C@H](OC(=O)C[C@H](OC(=O)OC(C)(C)C)C(=O)OC1=CC[C@@]2(O)[C@H]3Cc4ccc(OC(=O)OC(C)(C)C)c5c4[C@@]2(CCN3C)[C@H]1O5)C(=O)OC(C)(C)C. The molecule has 4 aliphatic rings. The minimum absolute atomic E-state index is 0.00326. The molecule has 1 fully saturated rings. The highest BCUT2D eigenvalue weighted by Crippen LogP contribution is 2.65. The Balaban J connectivity index is 1.45. The summed E-state index contributed by atoms with van der Waals surface area (Å²) in [6.45, 7) is 16.7. The van der Waals surface area contributed by atoms with Crippen molar-refractivity contribution in [3.05, 3.63) is 35.1 Å². The first-order valence-corrected chi connectivity index (χ1v) is 17.7. The second-order valence-corrected chi connectivity index (χ2v) is 17.0. The van der Waals surface area contributed by atoms with E-state index in [1.54, 1.807) is 74.5 Å². The molecule has 0 amide bonds. The molecule has 2 aliphatic carbocycles. The van der Waals surface area contributed by atoms with E-state index >= 15 is 0 Å². The number of carbonyl (C=O) groups excluding carboxylic acids is 5. The van der Waals surface area contributed by atoms with Gasteiger partial charge < -0.3 is 47.9 Å². The Morgan fingerprint density at radius 1 is 0.887 bits per heavy atom. The molecule has 15 nitrogen and oxygen atoms in total. The van der Waals surface area contributed by atoms with E-state index in [4.69, 9.17) is 37.9 Å². The summed E-state index contributed by atoms with van der Waals surface area (Å²) in [5, 5.41) is 12.6. The molecule has 2 heterocycles. The second-order valence-electron chi connectivity index (χ2n) is 17.0. The van der Waals surface area contributed by atoms with E-state index in [-0.39, 0.29) is 29.7 Å². The smallest absolute Gasteiger partial charge is 0.477 e. The first-order chi connectivity index (χ1) is 24.3. The van der Waals surface area contributed by atoms with E-state index in [2.05, 4.69) is 4.90 Å². The van der Waals surface area contributed by atoms with Gasteiger partial charge in [0.25, 0.3) is 0 Å². The zero-order valence-corrected chi connectivity index (χ0v) is 32.3. The summed E-state index contributed by atoms with van der Waals surface area (Å²) < 4.78 is 44.5. The van der Waals surface area contributed by atoms with Crippen LogP contribution in [0.25, 0.3) is 0 Å². The summed E-state index contributed by atoms with van der Waals surface area (Å²) in [5.41, 5.74) is -3.66. The van der Waals surface area contributed by atoms with Gasteiger partial charge in [-0.1, -0.05) is 6.07 Å². The lowest BCUT2D eigenvalue weighted by Gasteiger charge is -2.61. The first-order valence-electron chi connectivity index (χ1n) is 17.7. The van der Waals surface area contributed by atoms with E-state index in [1.807, 2.05) is 13.1 Å². The van der Waals surface area contributed by atoms with Crippen LogP contribution < -0.4 is 9.47 Å². The minimum atomic E-state index is -1.87. The Morgan fingerprint density at radius 3 is 2.13 bits per heavy atom. The van der Waals surface area contributed by atoms with Gasteiger partial charge in [-0.05, 0) is 113 Å². The quantitative estimate of drug-likeness (QED) is 0.217. The summed E-state index contributed by atoms with van der Waals surface area (Å²) in [5.74, 6) is -2.74. The van der Waals surface area contributed by atoms with Gasteiger partial charge in [-0.2, -0.15) is 0 Å². The molecular formula is C38H51NO14. The van der Waals surface area contributed by atoms with Crippen molar-refractivity contribution in [2.45, 2.75) is 147 Å². The lowest BCUT2D eigenvalue weighted by Crippen LogP contribution is -2.74. The normalized spacial score (nSPS) is 25.7. The van der Waals surface area contributed by atoms with E-state index in [1.165, 1.54) is 6.92 Å². The Morgan fingerprint density at radius 2 is 1.51 bits per heavy atom. The number of nitrogens with zero attached hydrogens (tertiary/aromatic N) is 1. The van der Waals surface area contributed by atoms with Crippen LogP contribution in [0.4, 0.5) is 9.59 Å². The fourth-order valence-corrected chi connectivity index (χ4v) is 7.44. The fourth-order valence-electron chi connectivity index (χ4n) is 7.44. The number of hydrogen-bond donors (Lipinski definition) is 1. The zero-order chi connectivity index (χ0) is 39.5. The van der Waals surface area contributed by atoms with Crippen molar-refractivity contribution in [3.63, 3.8) is 0 Å². The maximum absolute atomic E-state index is 13.9. The number of hydrogen-bond acceptors (Lipinski definition) is 15. The van der Waals surface area contributed by atoms with Crippen LogP contribution in [0, 0.1) is 0 Å². The highest BCUT2D eigenvalue weighted by Gasteiger charge is 2.72. The van der Waals surface area contributed by atoms with Crippen LogP contribution in [0.5, 0.6) is 11.5 Å². The largest absolute Gasteiger partial charge is 0.514 e. The van der Waals surface area contributed by atoms with Gasteiger partial charge in [0.1, 0.15) is 22.6 Å². The Hall–Kier alpha value is -4.37. The molecular weight excluding hydrogens is 694 g/mol. The van der Waals surface area contributed by atoms with Crippen LogP contribution in [0.1, 0.15) is 99.6 Å². The Labute approximate surface area is 309 Å². The van der Waals surface area contributed by atoms with Crippen LogP contribution in [0.3, 0.4) is 0 Å². The lowest BCUT2D eigenvalue weighted by molar-refractivity contribution is -0.178. The minimum Gasteiger partial charge on any atom is -0.477 e. The van der Waals surface area contributed by atoms with Crippen molar-refractivity contribution in [3.8, 4) is 11.5 Å². The number of likely N-dealkylation sites (N-methyl/N-ethyl adjacent to an activating group) is 1. The fraction of sp³-hybridized carbons (Fsp3) is 0.658. The number of rotatable bonds is 8. The summed E-state index contributed by atoms with van der Waals surface area (Å²) >= 11 is 0. The van der Waals surface area contributed by atoms with Gasteiger partial charge in [-0.15, -0.1) is 0 Å². The topological polar surface area (TPSA) is 183 Å². The second kappa shape index (κ2) is 13.8. The molecule has 1 saturated heterocycles. The number of aliphatic hydroxyl groups is 1. The third-order valence-electron chi connectivity index (χ3n) is 9.43. The number of benzene rings is 1. The molecule has 0 saturated carbocycles. The molecule has 53 heavy (non-hydrogen) atoms. The molecule has 1 aromatic carbocycles. The third kappa shape index (κ3) is 8.10. The molecule has 1 N–H and O–H groups in total. The monoisotopic (exact) mass is 745 g/mol. The highest BCUT2D eigenvalue weighted by atomic mass is 16.7. The van der Waals surface area contributed by atoms with Crippen molar-refractivity contribution < 1.29 is 67.0 Å². The predicted molar refractivity (Wildman–Crippen MR) is 185 cm³/mol. The molecule has 6 atom stereocenters. The van der Waals surface area contributed by atoms with E-state index in [0.29, 0.717) is 24.9 Å². The van der Waals surface area contributed by atoms with Crippen molar-refractivity contribution >= 4 is 30.2 Å². The number of esters is 3. The lowest BCUT2D eigenvalue weighted by atomic mass is 9.50. The Kier molecular flexibility index (Phi) is 10.4. The zero-order valence-electron chi connectivity index (χ0n) is 32.3. The number of likely N-dealkylation sites (tertiary alicyclic amines) is 1. The third-order valence-corrected chi connectivity index (χ3v) is 9.43. The summed E-state index contributed by atoms with van der Waals surface area (Å²) in [6.07, 6.45) is -4.83. The van der Waals surface area contributed by atoms with Gasteiger partial charge >= 0.3 is 30.2 Å². The molecule has 5 rings (SSSR count). The predicted octanol–water partition coefficient (Wildman–Crippen LogP) is 4.81. The van der Waals surface area contributed by atoms with Crippen molar-refractivity contribution in [1.29, 1.82) is 0 Å². The average molecular weight is 746 g/mol. The molecule has 0 aromatic heterocycles. The molecule has 292 valence electrons. The van der Waals surface area contributed by atoms with Crippen molar-refractivity contribution in [2.75, 3.05) is 13.6 Å². The van der Waals surface area contributed by atoms with Gasteiger partial charge in [0.15, 0.2) is 23.7 Å². The molecule has 1 spiro atoms. The van der Waals surface area contributed by atoms with Gasteiger partial charge in [0.2, 0.25) is 6.10 Å². The van der Waals surface area contributed by atoms with Crippen LogP contribution in [0.2, 0.25) is 0 Å². The molecule has 2 bridgehead atoms. The average Bonchev–Trinajstić information content (AvgIpc) is 3.34. The Bertz CT molecular complexity index is 1700. The van der Waals surface area contributed by atoms with E-state index < -0.39 is 82.8 Å². The summed E-state index contributed by atoms with van der Waals surface area (Å²) in [7, 11) is 1.94. The van der Waals surface area contributed by atoms with Crippen molar-refractivity contribution in [1.82, 2.24) is 4.90 Å². The molecule has 0 radical (unpaired) electrons. The van der Waals surface area contributed by atoms with Gasteiger partial charge in [0.05, 0.1) is 17.4 Å². The van der Waals surface area contributed by atoms with E-state index in [9.17, 15) is 29.1 Å². The van der Waals surface area contributed by atoms with Gasteiger partial charge in [0, 0.05) is 18.0 Å².